The van der Waals surface area contributed by atoms with Crippen LogP contribution < -0.4 is 10.1 Å². The van der Waals surface area contributed by atoms with Gasteiger partial charge < -0.3 is 14.5 Å². The van der Waals surface area contributed by atoms with Crippen molar-refractivity contribution in [3.05, 3.63) is 45.8 Å². The monoisotopic (exact) mass is 415 g/mol. The number of sulfone groups is 1. The molecule has 0 unspecified atom stereocenters. The van der Waals surface area contributed by atoms with Gasteiger partial charge in [0.1, 0.15) is 23.9 Å². The highest BCUT2D eigenvalue weighted by Crippen LogP contribution is 2.28. The number of anilines is 1. The Bertz CT molecular complexity index is 857. The van der Waals surface area contributed by atoms with E-state index in [4.69, 9.17) is 9.15 Å². The third-order valence-electron chi connectivity index (χ3n) is 3.23. The molecule has 0 fully saturated rings. The van der Waals surface area contributed by atoms with E-state index in [0.717, 1.165) is 6.26 Å². The zero-order valence-corrected chi connectivity index (χ0v) is 16.0. The van der Waals surface area contributed by atoms with Crippen LogP contribution in [0.4, 0.5) is 5.69 Å². The minimum absolute atomic E-state index is 0.0574. The lowest BCUT2D eigenvalue weighted by molar-refractivity contribution is 0.102. The molecule has 0 radical (unpaired) electrons. The zero-order chi connectivity index (χ0) is 17.9. The van der Waals surface area contributed by atoms with Gasteiger partial charge in [-0.05, 0) is 41.9 Å². The van der Waals surface area contributed by atoms with Crippen LogP contribution >= 0.6 is 15.9 Å². The number of rotatable bonds is 6. The Morgan fingerprint density at radius 1 is 1.29 bits per heavy atom. The van der Waals surface area contributed by atoms with Gasteiger partial charge in [-0.15, -0.1) is 0 Å². The van der Waals surface area contributed by atoms with E-state index in [1.54, 1.807) is 38.1 Å². The normalized spacial score (nSPS) is 11.3. The summed E-state index contributed by atoms with van der Waals surface area (Å²) in [6, 6.07) is 6.77. The second kappa shape index (κ2) is 7.40. The summed E-state index contributed by atoms with van der Waals surface area (Å²) in [7, 11) is -3.08. The largest absolute Gasteiger partial charge is 0.492 e. The smallest absolute Gasteiger partial charge is 0.260 e. The van der Waals surface area contributed by atoms with Crippen molar-refractivity contribution in [2.75, 3.05) is 23.9 Å². The molecule has 2 rings (SSSR count). The summed E-state index contributed by atoms with van der Waals surface area (Å²) < 4.78 is 33.7. The van der Waals surface area contributed by atoms with Crippen LogP contribution in [0.3, 0.4) is 0 Å². The molecule has 0 spiro atoms. The van der Waals surface area contributed by atoms with Crippen LogP contribution in [0.15, 0.2) is 33.2 Å². The molecule has 0 saturated heterocycles. The molecule has 130 valence electrons. The summed E-state index contributed by atoms with van der Waals surface area (Å²) >= 11 is 3.35. The van der Waals surface area contributed by atoms with Gasteiger partial charge in [0.15, 0.2) is 9.84 Å². The number of amides is 1. The minimum atomic E-state index is -3.08. The number of carbonyl (C=O) groups excluding carboxylic acids is 1. The van der Waals surface area contributed by atoms with E-state index < -0.39 is 9.84 Å². The van der Waals surface area contributed by atoms with Crippen LogP contribution in [0, 0.1) is 13.8 Å². The van der Waals surface area contributed by atoms with Crippen molar-refractivity contribution in [1.29, 1.82) is 0 Å². The van der Waals surface area contributed by atoms with Crippen molar-refractivity contribution in [3.63, 3.8) is 0 Å². The van der Waals surface area contributed by atoms with Gasteiger partial charge in [-0.25, -0.2) is 8.42 Å². The van der Waals surface area contributed by atoms with Gasteiger partial charge in [0, 0.05) is 18.0 Å². The number of hydrogen-bond donors (Lipinski definition) is 1. The van der Waals surface area contributed by atoms with Crippen molar-refractivity contribution < 1.29 is 22.4 Å². The van der Waals surface area contributed by atoms with Gasteiger partial charge >= 0.3 is 0 Å². The molecule has 8 heteroatoms. The maximum Gasteiger partial charge on any atom is 0.260 e. The number of halogens is 1. The van der Waals surface area contributed by atoms with Crippen LogP contribution in [0.1, 0.15) is 21.9 Å². The van der Waals surface area contributed by atoms with Gasteiger partial charge in [-0.1, -0.05) is 6.07 Å². The molecule has 0 aliphatic heterocycles. The van der Waals surface area contributed by atoms with Crippen LogP contribution in [-0.2, 0) is 9.84 Å². The van der Waals surface area contributed by atoms with Gasteiger partial charge in [0.05, 0.1) is 15.8 Å². The lowest BCUT2D eigenvalue weighted by atomic mass is 10.2. The van der Waals surface area contributed by atoms with Crippen molar-refractivity contribution in [3.8, 4) is 5.75 Å². The zero-order valence-electron chi connectivity index (χ0n) is 13.6. The fourth-order valence-electron chi connectivity index (χ4n) is 2.08. The molecule has 0 bridgehead atoms. The molecular formula is C16H18BrNO5S. The summed E-state index contributed by atoms with van der Waals surface area (Å²) in [5, 5.41) is 2.77. The second-order valence-electron chi connectivity index (χ2n) is 5.36. The number of benzene rings is 1. The van der Waals surface area contributed by atoms with Crippen LogP contribution in [0.5, 0.6) is 5.75 Å². The molecule has 6 nitrogen and oxygen atoms in total. The fraction of sp³-hybridized carbons (Fsp3) is 0.312. The first kappa shape index (κ1) is 18.5. The van der Waals surface area contributed by atoms with E-state index in [-0.39, 0.29) is 18.3 Å². The van der Waals surface area contributed by atoms with E-state index in [1.165, 1.54) is 0 Å². The summed E-state index contributed by atoms with van der Waals surface area (Å²) in [5.41, 5.74) is 0.984. The molecule has 0 aliphatic rings. The standard InChI is InChI=1S/C16H18BrNO5S/c1-10-14(15(17)11(2)23-10)16(19)18-12-5-4-6-13(9-12)22-7-8-24(3,20)21/h4-6,9H,7-8H2,1-3H3,(H,18,19). The summed E-state index contributed by atoms with van der Waals surface area (Å²) in [6.45, 7) is 3.54. The van der Waals surface area contributed by atoms with Gasteiger partial charge in [-0.3, -0.25) is 4.79 Å². The highest BCUT2D eigenvalue weighted by atomic mass is 79.9. The number of furan rings is 1. The molecule has 0 saturated carbocycles. The molecule has 1 aromatic heterocycles. The minimum Gasteiger partial charge on any atom is -0.492 e. The maximum atomic E-state index is 12.4. The molecular weight excluding hydrogens is 398 g/mol. The maximum absolute atomic E-state index is 12.4. The molecule has 24 heavy (non-hydrogen) atoms. The molecule has 0 atom stereocenters. The Hall–Kier alpha value is -1.80. The second-order valence-corrected chi connectivity index (χ2v) is 8.42. The Morgan fingerprint density at radius 2 is 2.00 bits per heavy atom. The van der Waals surface area contributed by atoms with Crippen molar-refractivity contribution >= 4 is 37.4 Å². The van der Waals surface area contributed by atoms with E-state index in [0.29, 0.717) is 33.0 Å². The topological polar surface area (TPSA) is 85.6 Å². The van der Waals surface area contributed by atoms with E-state index in [9.17, 15) is 13.2 Å². The number of ether oxygens (including phenoxy) is 1. The SMILES string of the molecule is Cc1oc(C)c(C(=O)Nc2cccc(OCCS(C)(=O)=O)c2)c1Br. The number of hydrogen-bond acceptors (Lipinski definition) is 5. The van der Waals surface area contributed by atoms with Gasteiger partial charge in [0.2, 0.25) is 0 Å². The first-order valence-corrected chi connectivity index (χ1v) is 10.00. The Morgan fingerprint density at radius 3 is 2.58 bits per heavy atom. The number of carbonyl (C=O) groups is 1. The molecule has 1 N–H and O–H groups in total. The predicted octanol–water partition coefficient (Wildman–Crippen LogP) is 3.33. The number of aryl methyl sites for hydroxylation is 2. The highest BCUT2D eigenvalue weighted by Gasteiger charge is 2.20. The van der Waals surface area contributed by atoms with Gasteiger partial charge in [-0.2, -0.15) is 0 Å². The third-order valence-corrected chi connectivity index (χ3v) is 5.09. The highest BCUT2D eigenvalue weighted by molar-refractivity contribution is 9.10. The Balaban J connectivity index is 2.07. The van der Waals surface area contributed by atoms with Crippen molar-refractivity contribution in [2.45, 2.75) is 13.8 Å². The summed E-state index contributed by atoms with van der Waals surface area (Å²) in [4.78, 5) is 12.4. The molecule has 0 aliphatic carbocycles. The average Bonchev–Trinajstić information content (AvgIpc) is 2.71. The van der Waals surface area contributed by atoms with E-state index >= 15 is 0 Å². The lowest BCUT2D eigenvalue weighted by Gasteiger charge is -2.09. The van der Waals surface area contributed by atoms with Crippen LogP contribution in [-0.4, -0.2) is 32.9 Å². The number of nitrogens with one attached hydrogen (secondary N) is 1. The summed E-state index contributed by atoms with van der Waals surface area (Å²) in [6.07, 6.45) is 1.15. The van der Waals surface area contributed by atoms with E-state index in [2.05, 4.69) is 21.2 Å². The molecule has 1 amide bonds. The first-order valence-electron chi connectivity index (χ1n) is 7.15. The average molecular weight is 416 g/mol. The Kier molecular flexibility index (Phi) is 5.71. The molecule has 2 aromatic rings. The van der Waals surface area contributed by atoms with Crippen LogP contribution in [0.25, 0.3) is 0 Å². The van der Waals surface area contributed by atoms with E-state index in [1.807, 2.05) is 0 Å². The molecule has 1 heterocycles. The predicted molar refractivity (Wildman–Crippen MR) is 95.5 cm³/mol. The quantitative estimate of drug-likeness (QED) is 0.781. The Labute approximate surface area is 149 Å². The van der Waals surface area contributed by atoms with Crippen LogP contribution in [0.2, 0.25) is 0 Å². The summed E-state index contributed by atoms with van der Waals surface area (Å²) in [5.74, 6) is 1.28. The third kappa shape index (κ3) is 4.85. The van der Waals surface area contributed by atoms with Crippen molar-refractivity contribution in [1.82, 2.24) is 0 Å². The van der Waals surface area contributed by atoms with Gasteiger partial charge in [0.25, 0.3) is 5.91 Å². The molecule has 1 aromatic carbocycles. The first-order chi connectivity index (χ1) is 11.2. The lowest BCUT2D eigenvalue weighted by Crippen LogP contribution is -2.14. The van der Waals surface area contributed by atoms with Crippen molar-refractivity contribution in [2.24, 2.45) is 0 Å². The fourth-order valence-corrected chi connectivity index (χ4v) is 3.01.